The van der Waals surface area contributed by atoms with Crippen LogP contribution >= 0.6 is 24.0 Å². The number of aromatic nitrogens is 2. The number of nitrogens with zero attached hydrogens (tertiary/aromatic N) is 4. The van der Waals surface area contributed by atoms with Gasteiger partial charge in [-0.15, -0.1) is 24.0 Å². The van der Waals surface area contributed by atoms with Crippen LogP contribution in [0.25, 0.3) is 0 Å². The van der Waals surface area contributed by atoms with E-state index in [1.54, 1.807) is 0 Å². The summed E-state index contributed by atoms with van der Waals surface area (Å²) in [7, 11) is 0. The Morgan fingerprint density at radius 2 is 2.21 bits per heavy atom. The van der Waals surface area contributed by atoms with E-state index in [1.165, 1.54) is 25.8 Å². The standard InChI is InChI=1S/C16H30N6O.HI/c1-4-17-16(19-12-15-20-14(3)21-23-15)18-9-7-11-22-10-6-5-8-13(22)2;/h13H,4-12H2,1-3H3,(H2,17,18,19);1H. The fourth-order valence-electron chi connectivity index (χ4n) is 2.87. The van der Waals surface area contributed by atoms with Crippen LogP contribution < -0.4 is 10.6 Å². The Bertz CT molecular complexity index is 493. The van der Waals surface area contributed by atoms with Crippen LogP contribution in [-0.2, 0) is 6.54 Å². The van der Waals surface area contributed by atoms with Crippen LogP contribution in [0.5, 0.6) is 0 Å². The molecular weight excluding hydrogens is 419 g/mol. The number of hydrogen-bond donors (Lipinski definition) is 2. The Morgan fingerprint density at radius 1 is 1.38 bits per heavy atom. The number of piperidine rings is 1. The lowest BCUT2D eigenvalue weighted by atomic mass is 10.0. The first-order valence-corrected chi connectivity index (χ1v) is 8.74. The average molecular weight is 450 g/mol. The number of aliphatic imine (C=N–C) groups is 1. The van der Waals surface area contributed by atoms with Crippen LogP contribution in [0.3, 0.4) is 0 Å². The van der Waals surface area contributed by atoms with Crippen LogP contribution in [0, 0.1) is 6.92 Å². The smallest absolute Gasteiger partial charge is 0.248 e. The highest BCUT2D eigenvalue weighted by molar-refractivity contribution is 14.0. The largest absolute Gasteiger partial charge is 0.357 e. The third-order valence-electron chi connectivity index (χ3n) is 4.14. The van der Waals surface area contributed by atoms with Crippen molar-refractivity contribution in [1.29, 1.82) is 0 Å². The topological polar surface area (TPSA) is 78.6 Å². The molecule has 1 aliphatic heterocycles. The minimum absolute atomic E-state index is 0. The van der Waals surface area contributed by atoms with Gasteiger partial charge in [-0.3, -0.25) is 0 Å². The molecule has 1 saturated heterocycles. The van der Waals surface area contributed by atoms with Crippen molar-refractivity contribution < 1.29 is 4.52 Å². The Kier molecular flexibility index (Phi) is 10.2. The van der Waals surface area contributed by atoms with E-state index >= 15 is 0 Å². The first kappa shape index (κ1) is 21.1. The van der Waals surface area contributed by atoms with Crippen molar-refractivity contribution in [3.05, 3.63) is 11.7 Å². The number of guanidine groups is 1. The quantitative estimate of drug-likeness (QED) is 0.287. The van der Waals surface area contributed by atoms with E-state index in [2.05, 4.69) is 44.5 Å². The molecule has 0 aliphatic carbocycles. The fourth-order valence-corrected chi connectivity index (χ4v) is 2.87. The van der Waals surface area contributed by atoms with Gasteiger partial charge in [-0.25, -0.2) is 4.99 Å². The van der Waals surface area contributed by atoms with Crippen molar-refractivity contribution in [1.82, 2.24) is 25.7 Å². The number of likely N-dealkylation sites (tertiary alicyclic amines) is 1. The summed E-state index contributed by atoms with van der Waals surface area (Å²) in [6, 6.07) is 0.728. The lowest BCUT2D eigenvalue weighted by Crippen LogP contribution is -2.41. The van der Waals surface area contributed by atoms with Crippen molar-refractivity contribution >= 4 is 29.9 Å². The monoisotopic (exact) mass is 450 g/mol. The van der Waals surface area contributed by atoms with Gasteiger partial charge >= 0.3 is 0 Å². The van der Waals surface area contributed by atoms with E-state index in [0.717, 1.165) is 38.1 Å². The van der Waals surface area contributed by atoms with Gasteiger partial charge in [0.25, 0.3) is 0 Å². The molecule has 0 bridgehead atoms. The highest BCUT2D eigenvalue weighted by Crippen LogP contribution is 2.15. The van der Waals surface area contributed by atoms with Gasteiger partial charge in [0.05, 0.1) is 0 Å². The van der Waals surface area contributed by atoms with E-state index in [9.17, 15) is 0 Å². The van der Waals surface area contributed by atoms with Gasteiger partial charge in [0, 0.05) is 25.7 Å². The van der Waals surface area contributed by atoms with Gasteiger partial charge < -0.3 is 20.1 Å². The summed E-state index contributed by atoms with van der Waals surface area (Å²) in [5, 5.41) is 10.4. The van der Waals surface area contributed by atoms with E-state index < -0.39 is 0 Å². The highest BCUT2D eigenvalue weighted by atomic mass is 127. The molecule has 2 rings (SSSR count). The first-order valence-electron chi connectivity index (χ1n) is 8.74. The Labute approximate surface area is 162 Å². The molecular formula is C16H31IN6O. The Morgan fingerprint density at radius 3 is 2.88 bits per heavy atom. The molecule has 2 N–H and O–H groups in total. The Balaban J connectivity index is 0.00000288. The molecule has 1 aliphatic rings. The van der Waals surface area contributed by atoms with Crippen molar-refractivity contribution in [3.63, 3.8) is 0 Å². The number of rotatable bonds is 7. The molecule has 24 heavy (non-hydrogen) atoms. The zero-order chi connectivity index (χ0) is 16.5. The second-order valence-electron chi connectivity index (χ2n) is 6.09. The fraction of sp³-hybridized carbons (Fsp3) is 0.812. The lowest BCUT2D eigenvalue weighted by Gasteiger charge is -2.33. The summed E-state index contributed by atoms with van der Waals surface area (Å²) < 4.78 is 5.08. The molecule has 8 heteroatoms. The molecule has 7 nitrogen and oxygen atoms in total. The van der Waals surface area contributed by atoms with Crippen LogP contribution in [-0.4, -0.2) is 53.2 Å². The third kappa shape index (κ3) is 7.33. The molecule has 2 heterocycles. The van der Waals surface area contributed by atoms with Crippen LogP contribution in [0.2, 0.25) is 0 Å². The van der Waals surface area contributed by atoms with E-state index in [4.69, 9.17) is 4.52 Å². The average Bonchev–Trinajstić information content (AvgIpc) is 2.96. The SMILES string of the molecule is CCNC(=NCc1nc(C)no1)NCCCN1CCCCC1C.I. The van der Waals surface area contributed by atoms with E-state index in [1.807, 2.05) is 6.92 Å². The Hall–Kier alpha value is -0.900. The maximum absolute atomic E-state index is 5.08. The molecule has 1 aromatic rings. The molecule has 0 spiro atoms. The van der Waals surface area contributed by atoms with Crippen LogP contribution in [0.4, 0.5) is 0 Å². The number of aryl methyl sites for hydroxylation is 1. The molecule has 0 radical (unpaired) electrons. The summed E-state index contributed by atoms with van der Waals surface area (Å²) in [6.07, 6.45) is 5.17. The van der Waals surface area contributed by atoms with Crippen molar-refractivity contribution in [2.24, 2.45) is 4.99 Å². The van der Waals surface area contributed by atoms with Crippen LogP contribution in [0.15, 0.2) is 9.52 Å². The minimum Gasteiger partial charge on any atom is -0.357 e. The lowest BCUT2D eigenvalue weighted by molar-refractivity contribution is 0.159. The summed E-state index contributed by atoms with van der Waals surface area (Å²) in [5.74, 6) is 1.99. The van der Waals surface area contributed by atoms with E-state index in [0.29, 0.717) is 18.3 Å². The predicted octanol–water partition coefficient (Wildman–Crippen LogP) is 2.32. The van der Waals surface area contributed by atoms with Crippen molar-refractivity contribution in [2.75, 3.05) is 26.2 Å². The van der Waals surface area contributed by atoms with Crippen molar-refractivity contribution in [2.45, 2.75) is 59.0 Å². The van der Waals surface area contributed by atoms with Gasteiger partial charge in [0.1, 0.15) is 6.54 Å². The molecule has 1 fully saturated rings. The molecule has 0 aromatic carbocycles. The maximum atomic E-state index is 5.08. The number of hydrogen-bond acceptors (Lipinski definition) is 5. The second kappa shape index (κ2) is 11.6. The summed E-state index contributed by atoms with van der Waals surface area (Å²) in [6.45, 7) is 10.7. The zero-order valence-corrected chi connectivity index (χ0v) is 17.4. The molecule has 138 valence electrons. The normalized spacial score (nSPS) is 19.0. The molecule has 0 amide bonds. The van der Waals surface area contributed by atoms with Gasteiger partial charge in [-0.05, 0) is 46.6 Å². The van der Waals surface area contributed by atoms with Gasteiger partial charge in [-0.1, -0.05) is 11.6 Å². The number of halogens is 1. The highest BCUT2D eigenvalue weighted by Gasteiger charge is 2.17. The van der Waals surface area contributed by atoms with E-state index in [-0.39, 0.29) is 24.0 Å². The maximum Gasteiger partial charge on any atom is 0.248 e. The van der Waals surface area contributed by atoms with Crippen molar-refractivity contribution in [3.8, 4) is 0 Å². The molecule has 1 atom stereocenters. The van der Waals surface area contributed by atoms with Crippen LogP contribution in [0.1, 0.15) is 51.2 Å². The minimum atomic E-state index is 0. The third-order valence-corrected chi connectivity index (χ3v) is 4.14. The summed E-state index contributed by atoms with van der Waals surface area (Å²) in [5.41, 5.74) is 0. The van der Waals surface area contributed by atoms with Gasteiger partial charge in [-0.2, -0.15) is 4.98 Å². The number of nitrogens with one attached hydrogen (secondary N) is 2. The summed E-state index contributed by atoms with van der Waals surface area (Å²) in [4.78, 5) is 11.2. The molecule has 1 unspecified atom stereocenters. The molecule has 1 aromatic heterocycles. The predicted molar refractivity (Wildman–Crippen MR) is 107 cm³/mol. The molecule has 0 saturated carbocycles. The van der Waals surface area contributed by atoms with Gasteiger partial charge in [0.2, 0.25) is 5.89 Å². The summed E-state index contributed by atoms with van der Waals surface area (Å²) >= 11 is 0. The second-order valence-corrected chi connectivity index (χ2v) is 6.09. The van der Waals surface area contributed by atoms with Gasteiger partial charge in [0.15, 0.2) is 11.8 Å². The first-order chi connectivity index (χ1) is 11.2. The zero-order valence-electron chi connectivity index (χ0n) is 15.0.